The van der Waals surface area contributed by atoms with Crippen molar-refractivity contribution >= 4 is 21.7 Å². The van der Waals surface area contributed by atoms with Crippen molar-refractivity contribution in [3.8, 4) is 0 Å². The van der Waals surface area contributed by atoms with Gasteiger partial charge in [0.05, 0.1) is 16.1 Å². The van der Waals surface area contributed by atoms with Crippen molar-refractivity contribution in [1.82, 2.24) is 0 Å². The molecule has 0 bridgehead atoms. The van der Waals surface area contributed by atoms with E-state index in [1.165, 1.54) is 18.2 Å². The van der Waals surface area contributed by atoms with Gasteiger partial charge in [-0.2, -0.15) is 13.2 Å². The Morgan fingerprint density at radius 1 is 1.03 bits per heavy atom. The molecule has 0 aliphatic carbocycles. The largest absolute Gasteiger partial charge is 0.459 e. The number of benzene rings is 2. The second-order valence-electron chi connectivity index (χ2n) is 7.46. The molecule has 0 atom stereocenters. The number of aryl methyl sites for hydroxylation is 1. The van der Waals surface area contributed by atoms with E-state index < -0.39 is 39.9 Å². The smallest absolute Gasteiger partial charge is 0.416 e. The first kappa shape index (κ1) is 22.7. The van der Waals surface area contributed by atoms with Gasteiger partial charge in [0.15, 0.2) is 0 Å². The van der Waals surface area contributed by atoms with Gasteiger partial charge in [-0.3, -0.25) is 9.10 Å². The third-order valence-electron chi connectivity index (χ3n) is 3.76. The number of hydrogen-bond acceptors (Lipinski definition) is 4. The summed E-state index contributed by atoms with van der Waals surface area (Å²) in [5, 5.41) is 0. The number of hydrogen-bond donors (Lipinski definition) is 0. The monoisotopic (exact) mass is 429 g/mol. The van der Waals surface area contributed by atoms with Crippen molar-refractivity contribution in [2.75, 3.05) is 10.8 Å². The molecule has 0 aliphatic rings. The zero-order valence-electron chi connectivity index (χ0n) is 16.4. The van der Waals surface area contributed by atoms with Crippen LogP contribution in [-0.2, 0) is 25.7 Å². The van der Waals surface area contributed by atoms with Crippen LogP contribution in [0.4, 0.5) is 18.9 Å². The van der Waals surface area contributed by atoms with Crippen molar-refractivity contribution in [2.45, 2.75) is 44.4 Å². The molecular formula is C20H22F3NO4S. The summed E-state index contributed by atoms with van der Waals surface area (Å²) in [7, 11) is -4.32. The van der Waals surface area contributed by atoms with Crippen LogP contribution in [0.1, 0.15) is 31.9 Å². The molecule has 0 saturated heterocycles. The molecule has 158 valence electrons. The predicted octanol–water partition coefficient (Wildman–Crippen LogP) is 4.55. The first-order chi connectivity index (χ1) is 13.2. The Hall–Kier alpha value is -2.55. The van der Waals surface area contributed by atoms with E-state index in [-0.39, 0.29) is 10.6 Å². The molecule has 9 heteroatoms. The minimum absolute atomic E-state index is 0.149. The summed E-state index contributed by atoms with van der Waals surface area (Å²) in [6, 6.07) is 9.59. The summed E-state index contributed by atoms with van der Waals surface area (Å²) in [4.78, 5) is 12.2. The van der Waals surface area contributed by atoms with E-state index in [1.54, 1.807) is 39.8 Å². The lowest BCUT2D eigenvalue weighted by Crippen LogP contribution is -2.39. The maximum absolute atomic E-state index is 13.1. The number of esters is 1. The van der Waals surface area contributed by atoms with Gasteiger partial charge < -0.3 is 4.74 Å². The Kier molecular flexibility index (Phi) is 6.32. The van der Waals surface area contributed by atoms with Crippen LogP contribution in [0.2, 0.25) is 0 Å². The van der Waals surface area contributed by atoms with Gasteiger partial charge in [-0.15, -0.1) is 0 Å². The molecular weight excluding hydrogens is 407 g/mol. The lowest BCUT2D eigenvalue weighted by Gasteiger charge is -2.27. The van der Waals surface area contributed by atoms with E-state index in [2.05, 4.69) is 0 Å². The standard InChI is InChI=1S/C20H22F3NO4S/c1-14-8-10-17(11-9-14)29(26,27)24(13-18(25)28-19(2,3)4)16-7-5-6-15(12-16)20(21,22)23/h5-12H,13H2,1-4H3. The number of carbonyl (C=O) groups is 1. The molecule has 0 aliphatic heterocycles. The Bertz CT molecular complexity index is 978. The van der Waals surface area contributed by atoms with Gasteiger partial charge in [0, 0.05) is 0 Å². The number of rotatable bonds is 5. The van der Waals surface area contributed by atoms with Crippen molar-refractivity contribution in [1.29, 1.82) is 0 Å². The van der Waals surface area contributed by atoms with Crippen molar-refractivity contribution in [2.24, 2.45) is 0 Å². The molecule has 0 saturated carbocycles. The Balaban J connectivity index is 2.54. The molecule has 0 radical (unpaired) electrons. The van der Waals surface area contributed by atoms with Crippen LogP contribution in [0.15, 0.2) is 53.4 Å². The molecule has 0 spiro atoms. The van der Waals surface area contributed by atoms with E-state index >= 15 is 0 Å². The summed E-state index contributed by atoms with van der Waals surface area (Å²) >= 11 is 0. The van der Waals surface area contributed by atoms with E-state index in [9.17, 15) is 26.4 Å². The van der Waals surface area contributed by atoms with Crippen LogP contribution >= 0.6 is 0 Å². The van der Waals surface area contributed by atoms with Crippen molar-refractivity contribution < 1.29 is 31.1 Å². The molecule has 0 N–H and O–H groups in total. The summed E-state index contributed by atoms with van der Waals surface area (Å²) in [5.41, 5.74) is -1.39. The fourth-order valence-corrected chi connectivity index (χ4v) is 3.88. The van der Waals surface area contributed by atoms with Gasteiger partial charge >= 0.3 is 12.1 Å². The molecule has 0 unspecified atom stereocenters. The van der Waals surface area contributed by atoms with Gasteiger partial charge in [0.1, 0.15) is 12.1 Å². The quantitative estimate of drug-likeness (QED) is 0.654. The van der Waals surface area contributed by atoms with E-state index in [4.69, 9.17) is 4.74 Å². The summed E-state index contributed by atoms with van der Waals surface area (Å²) in [5.74, 6) is -0.884. The number of alkyl halides is 3. The lowest BCUT2D eigenvalue weighted by molar-refractivity contribution is -0.152. The molecule has 2 aromatic rings. The van der Waals surface area contributed by atoms with Crippen LogP contribution in [0.3, 0.4) is 0 Å². The van der Waals surface area contributed by atoms with Crippen LogP contribution in [0.25, 0.3) is 0 Å². The maximum atomic E-state index is 13.1. The van der Waals surface area contributed by atoms with Gasteiger partial charge in [-0.05, 0) is 58.0 Å². The molecule has 29 heavy (non-hydrogen) atoms. The Morgan fingerprint density at radius 2 is 1.62 bits per heavy atom. The maximum Gasteiger partial charge on any atom is 0.416 e. The molecule has 0 aromatic heterocycles. The first-order valence-corrected chi connectivity index (χ1v) is 10.1. The highest BCUT2D eigenvalue weighted by atomic mass is 32.2. The van der Waals surface area contributed by atoms with Gasteiger partial charge in [-0.25, -0.2) is 8.42 Å². The number of anilines is 1. The minimum atomic E-state index is -4.67. The lowest BCUT2D eigenvalue weighted by atomic mass is 10.2. The molecule has 2 rings (SSSR count). The van der Waals surface area contributed by atoms with E-state index in [0.29, 0.717) is 10.4 Å². The van der Waals surface area contributed by atoms with E-state index in [1.807, 2.05) is 0 Å². The van der Waals surface area contributed by atoms with Crippen molar-refractivity contribution in [3.63, 3.8) is 0 Å². The average molecular weight is 429 g/mol. The Morgan fingerprint density at radius 3 is 2.14 bits per heavy atom. The fraction of sp³-hybridized carbons (Fsp3) is 0.350. The number of halogens is 3. The summed E-state index contributed by atoms with van der Waals surface area (Å²) in [6.07, 6.45) is -4.67. The molecule has 0 heterocycles. The average Bonchev–Trinajstić information content (AvgIpc) is 2.58. The topological polar surface area (TPSA) is 63.7 Å². The zero-order valence-corrected chi connectivity index (χ0v) is 17.3. The minimum Gasteiger partial charge on any atom is -0.459 e. The highest BCUT2D eigenvalue weighted by Gasteiger charge is 2.34. The highest BCUT2D eigenvalue weighted by Crippen LogP contribution is 2.33. The highest BCUT2D eigenvalue weighted by molar-refractivity contribution is 7.92. The normalized spacial score (nSPS) is 12.5. The fourth-order valence-electron chi connectivity index (χ4n) is 2.48. The number of carbonyl (C=O) groups excluding carboxylic acids is 1. The Labute approximate surface area is 168 Å². The van der Waals surface area contributed by atoms with Gasteiger partial charge in [-0.1, -0.05) is 23.8 Å². The van der Waals surface area contributed by atoms with Crippen LogP contribution in [-0.4, -0.2) is 26.5 Å². The van der Waals surface area contributed by atoms with E-state index in [0.717, 1.165) is 17.7 Å². The number of nitrogens with zero attached hydrogens (tertiary/aromatic N) is 1. The van der Waals surface area contributed by atoms with Crippen LogP contribution in [0.5, 0.6) is 0 Å². The second kappa shape index (κ2) is 8.06. The second-order valence-corrected chi connectivity index (χ2v) is 9.32. The third kappa shape index (κ3) is 5.96. The third-order valence-corrected chi connectivity index (χ3v) is 5.55. The first-order valence-electron chi connectivity index (χ1n) is 8.69. The SMILES string of the molecule is Cc1ccc(S(=O)(=O)N(CC(=O)OC(C)(C)C)c2cccc(C(F)(F)F)c2)cc1. The predicted molar refractivity (Wildman–Crippen MR) is 103 cm³/mol. The zero-order chi connectivity index (χ0) is 22.0. The van der Waals surface area contributed by atoms with Gasteiger partial charge in [0.2, 0.25) is 0 Å². The van der Waals surface area contributed by atoms with Crippen LogP contribution < -0.4 is 4.31 Å². The molecule has 0 amide bonds. The summed E-state index contributed by atoms with van der Waals surface area (Å²) < 4.78 is 71.4. The van der Waals surface area contributed by atoms with Gasteiger partial charge in [0.25, 0.3) is 10.0 Å². The van der Waals surface area contributed by atoms with Crippen LogP contribution in [0, 0.1) is 6.92 Å². The number of sulfonamides is 1. The molecule has 2 aromatic carbocycles. The molecule has 0 fully saturated rings. The number of ether oxygens (including phenoxy) is 1. The summed E-state index contributed by atoms with van der Waals surface area (Å²) in [6.45, 7) is 5.81. The van der Waals surface area contributed by atoms with Crippen molar-refractivity contribution in [3.05, 3.63) is 59.7 Å². The molecule has 5 nitrogen and oxygen atoms in total.